The van der Waals surface area contributed by atoms with Crippen LogP contribution in [0.2, 0.25) is 0 Å². The van der Waals surface area contributed by atoms with Gasteiger partial charge in [-0.2, -0.15) is 0 Å². The van der Waals surface area contributed by atoms with E-state index in [9.17, 15) is 14.0 Å². The van der Waals surface area contributed by atoms with Gasteiger partial charge in [-0.3, -0.25) is 4.79 Å². The maximum Gasteiger partial charge on any atom is 0.328 e. The lowest BCUT2D eigenvalue weighted by atomic mass is 10.2. The molecule has 0 saturated carbocycles. The van der Waals surface area contributed by atoms with Crippen molar-refractivity contribution in [1.29, 1.82) is 0 Å². The Hall–Kier alpha value is -2.50. The average molecular weight is 234 g/mol. The minimum Gasteiger partial charge on any atom is -0.478 e. The molecule has 0 aliphatic rings. The number of benzene rings is 1. The summed E-state index contributed by atoms with van der Waals surface area (Å²) in [5.41, 5.74) is -0.596. The number of aromatic amines is 1. The number of aliphatic carboxylic acids is 1. The van der Waals surface area contributed by atoms with Crippen LogP contribution in [0.15, 0.2) is 29.1 Å². The molecule has 1 heterocycles. The maximum absolute atomic E-state index is 13.4. The van der Waals surface area contributed by atoms with E-state index in [-0.39, 0.29) is 16.7 Å². The lowest BCUT2D eigenvalue weighted by Crippen LogP contribution is -2.10. The van der Waals surface area contributed by atoms with E-state index in [0.717, 1.165) is 12.2 Å². The van der Waals surface area contributed by atoms with Crippen LogP contribution in [0.25, 0.3) is 17.0 Å². The van der Waals surface area contributed by atoms with E-state index in [1.54, 1.807) is 0 Å². The number of para-hydroxylation sites is 1. The highest BCUT2D eigenvalue weighted by molar-refractivity contribution is 5.85. The third-order valence-corrected chi connectivity index (χ3v) is 2.09. The average Bonchev–Trinajstić information content (AvgIpc) is 2.28. The van der Waals surface area contributed by atoms with Crippen LogP contribution < -0.4 is 5.56 Å². The maximum atomic E-state index is 13.4. The van der Waals surface area contributed by atoms with Crippen molar-refractivity contribution in [3.05, 3.63) is 46.3 Å². The van der Waals surface area contributed by atoms with Gasteiger partial charge in [0.15, 0.2) is 0 Å². The predicted octanol–water partition coefficient (Wildman–Crippen LogP) is 1.16. The molecule has 1 aromatic heterocycles. The highest BCUT2D eigenvalue weighted by Gasteiger charge is 2.06. The molecule has 0 unspecified atom stereocenters. The summed E-state index contributed by atoms with van der Waals surface area (Å²) < 4.78 is 13.4. The molecular weight excluding hydrogens is 227 g/mol. The van der Waals surface area contributed by atoms with Gasteiger partial charge < -0.3 is 10.1 Å². The lowest BCUT2D eigenvalue weighted by Gasteiger charge is -1.99. The van der Waals surface area contributed by atoms with Crippen LogP contribution >= 0.6 is 0 Å². The summed E-state index contributed by atoms with van der Waals surface area (Å²) in [7, 11) is 0. The summed E-state index contributed by atoms with van der Waals surface area (Å²) in [6.07, 6.45) is 1.90. The zero-order valence-corrected chi connectivity index (χ0v) is 8.48. The van der Waals surface area contributed by atoms with Gasteiger partial charge in [-0.15, -0.1) is 0 Å². The first kappa shape index (κ1) is 11.0. The standard InChI is InChI=1S/C11H7FN2O3/c12-7-3-1-2-6-10(7)13-8(14-11(6)17)4-5-9(15)16/h1-5H,(H,15,16)(H,13,14,17)/b5-4+. The van der Waals surface area contributed by atoms with Crippen molar-refractivity contribution >= 4 is 22.9 Å². The van der Waals surface area contributed by atoms with Crippen LogP contribution in [0, 0.1) is 5.82 Å². The van der Waals surface area contributed by atoms with E-state index < -0.39 is 17.3 Å². The van der Waals surface area contributed by atoms with Crippen molar-refractivity contribution < 1.29 is 14.3 Å². The van der Waals surface area contributed by atoms with E-state index in [2.05, 4.69) is 9.97 Å². The minimum atomic E-state index is -1.18. The quantitative estimate of drug-likeness (QED) is 0.764. The molecule has 2 N–H and O–H groups in total. The Morgan fingerprint density at radius 1 is 1.47 bits per heavy atom. The molecule has 0 radical (unpaired) electrons. The van der Waals surface area contributed by atoms with Gasteiger partial charge in [0, 0.05) is 6.08 Å². The van der Waals surface area contributed by atoms with Gasteiger partial charge in [0.25, 0.3) is 5.56 Å². The Kier molecular flexibility index (Phi) is 2.70. The van der Waals surface area contributed by atoms with Crippen molar-refractivity contribution in [3.8, 4) is 0 Å². The first-order chi connectivity index (χ1) is 8.08. The summed E-state index contributed by atoms with van der Waals surface area (Å²) in [5.74, 6) is -1.81. The number of carboxylic acid groups (broad SMARTS) is 1. The molecular formula is C11H7FN2O3. The van der Waals surface area contributed by atoms with Gasteiger partial charge >= 0.3 is 5.97 Å². The van der Waals surface area contributed by atoms with E-state index in [1.165, 1.54) is 18.2 Å². The van der Waals surface area contributed by atoms with Crippen LogP contribution in [-0.4, -0.2) is 21.0 Å². The number of nitrogens with one attached hydrogen (secondary N) is 1. The molecule has 0 saturated heterocycles. The Labute approximate surface area is 94.2 Å². The van der Waals surface area contributed by atoms with Gasteiger partial charge in [-0.25, -0.2) is 14.2 Å². The molecule has 0 amide bonds. The number of aromatic nitrogens is 2. The number of H-pyrrole nitrogens is 1. The van der Waals surface area contributed by atoms with Crippen LogP contribution in [0.1, 0.15) is 5.82 Å². The molecule has 0 aliphatic heterocycles. The second kappa shape index (κ2) is 4.17. The summed E-state index contributed by atoms with van der Waals surface area (Å²) >= 11 is 0. The molecule has 5 nitrogen and oxygen atoms in total. The highest BCUT2D eigenvalue weighted by Crippen LogP contribution is 2.11. The Morgan fingerprint density at radius 2 is 2.24 bits per heavy atom. The number of carbonyl (C=O) groups is 1. The molecule has 6 heteroatoms. The molecule has 1 aromatic carbocycles. The Bertz CT molecular complexity index is 676. The normalized spacial score (nSPS) is 11.1. The number of nitrogens with zero attached hydrogens (tertiary/aromatic N) is 1. The second-order valence-electron chi connectivity index (χ2n) is 3.26. The summed E-state index contributed by atoms with van der Waals surface area (Å²) in [4.78, 5) is 28.0. The van der Waals surface area contributed by atoms with Crippen molar-refractivity contribution in [2.45, 2.75) is 0 Å². The topological polar surface area (TPSA) is 83.0 Å². The van der Waals surface area contributed by atoms with Crippen LogP contribution in [0.5, 0.6) is 0 Å². The van der Waals surface area contributed by atoms with Gasteiger partial charge in [-0.05, 0) is 18.2 Å². The van der Waals surface area contributed by atoms with E-state index in [1.807, 2.05) is 0 Å². The third-order valence-electron chi connectivity index (χ3n) is 2.09. The van der Waals surface area contributed by atoms with Crippen molar-refractivity contribution in [1.82, 2.24) is 9.97 Å². The van der Waals surface area contributed by atoms with Gasteiger partial charge in [0.1, 0.15) is 17.2 Å². The lowest BCUT2D eigenvalue weighted by molar-refractivity contribution is -0.131. The molecule has 2 aromatic rings. The van der Waals surface area contributed by atoms with Crippen LogP contribution in [0.4, 0.5) is 4.39 Å². The van der Waals surface area contributed by atoms with Gasteiger partial charge in [-0.1, -0.05) is 6.07 Å². The first-order valence-electron chi connectivity index (χ1n) is 4.67. The fourth-order valence-electron chi connectivity index (χ4n) is 1.37. The summed E-state index contributed by atoms with van der Waals surface area (Å²) in [6.45, 7) is 0. The minimum absolute atomic E-state index is 0.00463. The number of hydrogen-bond donors (Lipinski definition) is 2. The Balaban J connectivity index is 2.66. The molecule has 17 heavy (non-hydrogen) atoms. The number of halogens is 1. The molecule has 0 atom stereocenters. The molecule has 86 valence electrons. The van der Waals surface area contributed by atoms with E-state index >= 15 is 0 Å². The smallest absolute Gasteiger partial charge is 0.328 e. The number of rotatable bonds is 2. The van der Waals surface area contributed by atoms with E-state index in [4.69, 9.17) is 5.11 Å². The summed E-state index contributed by atoms with van der Waals surface area (Å²) in [5, 5.41) is 8.55. The SMILES string of the molecule is O=C(O)/C=C/c1nc2c(F)cccc2c(=O)[nH]1. The molecule has 0 fully saturated rings. The van der Waals surface area contributed by atoms with Crippen molar-refractivity contribution in [2.24, 2.45) is 0 Å². The number of hydrogen-bond acceptors (Lipinski definition) is 3. The predicted molar refractivity (Wildman–Crippen MR) is 59.0 cm³/mol. The number of fused-ring (bicyclic) bond motifs is 1. The molecule has 0 spiro atoms. The van der Waals surface area contributed by atoms with E-state index in [0.29, 0.717) is 0 Å². The first-order valence-corrected chi connectivity index (χ1v) is 4.67. The van der Waals surface area contributed by atoms with Gasteiger partial charge in [0.05, 0.1) is 5.39 Å². The zero-order chi connectivity index (χ0) is 12.4. The fourth-order valence-corrected chi connectivity index (χ4v) is 1.37. The third kappa shape index (κ3) is 2.20. The van der Waals surface area contributed by atoms with Crippen molar-refractivity contribution in [2.75, 3.05) is 0 Å². The summed E-state index contributed by atoms with van der Waals surface area (Å²) in [6, 6.07) is 4.02. The van der Waals surface area contributed by atoms with Crippen LogP contribution in [-0.2, 0) is 4.79 Å². The highest BCUT2D eigenvalue weighted by atomic mass is 19.1. The molecule has 2 rings (SSSR count). The monoisotopic (exact) mass is 234 g/mol. The largest absolute Gasteiger partial charge is 0.478 e. The second-order valence-corrected chi connectivity index (χ2v) is 3.26. The molecule has 0 aliphatic carbocycles. The molecule has 0 bridgehead atoms. The van der Waals surface area contributed by atoms with Gasteiger partial charge in [0.2, 0.25) is 0 Å². The Morgan fingerprint density at radius 3 is 2.94 bits per heavy atom. The van der Waals surface area contributed by atoms with Crippen LogP contribution in [0.3, 0.4) is 0 Å². The number of carboxylic acids is 1. The zero-order valence-electron chi connectivity index (χ0n) is 8.48. The van der Waals surface area contributed by atoms with Crippen molar-refractivity contribution in [3.63, 3.8) is 0 Å². The fraction of sp³-hybridized carbons (Fsp3) is 0.